The van der Waals surface area contributed by atoms with Crippen LogP contribution in [0.1, 0.15) is 38.8 Å². The number of rotatable bonds is 4. The first-order valence-electron chi connectivity index (χ1n) is 5.64. The minimum atomic E-state index is 0.397. The number of hydrogen-bond donors (Lipinski definition) is 2. The molecule has 0 radical (unpaired) electrons. The highest BCUT2D eigenvalue weighted by Crippen LogP contribution is 2.21. The summed E-state index contributed by atoms with van der Waals surface area (Å²) in [6.45, 7) is 7.06. The van der Waals surface area contributed by atoms with Gasteiger partial charge in [-0.3, -0.25) is 4.99 Å². The molecule has 0 saturated carbocycles. The Hall–Kier alpha value is -1.52. The number of hydrogen-bond acceptors (Lipinski definition) is 2. The van der Waals surface area contributed by atoms with Gasteiger partial charge in [-0.15, -0.1) is 0 Å². The Morgan fingerprint density at radius 1 is 1.62 bits per heavy atom. The molecule has 0 bridgehead atoms. The molecule has 0 spiro atoms. The van der Waals surface area contributed by atoms with E-state index in [4.69, 9.17) is 5.73 Å². The molecule has 0 unspecified atom stereocenters. The average Bonchev–Trinajstić information content (AvgIpc) is 2.56. The van der Waals surface area contributed by atoms with E-state index in [2.05, 4.69) is 36.1 Å². The van der Waals surface area contributed by atoms with Crippen LogP contribution in [0.15, 0.2) is 11.3 Å². The Morgan fingerprint density at radius 2 is 2.31 bits per heavy atom. The van der Waals surface area contributed by atoms with Crippen LogP contribution in [-0.2, 0) is 7.05 Å². The first-order chi connectivity index (χ1) is 7.56. The van der Waals surface area contributed by atoms with Crippen molar-refractivity contribution in [3.05, 3.63) is 12.0 Å². The van der Waals surface area contributed by atoms with Gasteiger partial charge in [-0.25, -0.2) is 4.98 Å². The quantitative estimate of drug-likeness (QED) is 0.603. The lowest BCUT2D eigenvalue weighted by Gasteiger charge is -2.10. The zero-order valence-electron chi connectivity index (χ0n) is 10.5. The summed E-state index contributed by atoms with van der Waals surface area (Å²) in [6, 6.07) is 0. The lowest BCUT2D eigenvalue weighted by Crippen LogP contribution is -2.24. The smallest absolute Gasteiger partial charge is 0.194 e. The molecule has 1 rings (SSSR count). The van der Waals surface area contributed by atoms with Gasteiger partial charge in [0.15, 0.2) is 11.8 Å². The first kappa shape index (κ1) is 12.5. The predicted octanol–water partition coefficient (Wildman–Crippen LogP) is 1.68. The minimum Gasteiger partial charge on any atom is -0.370 e. The molecule has 0 aliphatic rings. The molecule has 1 aromatic heterocycles. The minimum absolute atomic E-state index is 0.397. The normalized spacial score (nSPS) is 12.2. The highest BCUT2D eigenvalue weighted by atomic mass is 15.2. The molecule has 0 amide bonds. The third-order valence-electron chi connectivity index (χ3n) is 2.28. The third kappa shape index (κ3) is 2.98. The van der Waals surface area contributed by atoms with Crippen molar-refractivity contribution in [1.82, 2.24) is 9.55 Å². The zero-order valence-corrected chi connectivity index (χ0v) is 10.5. The number of aromatic nitrogens is 2. The average molecular weight is 223 g/mol. The number of nitrogens with zero attached hydrogens (tertiary/aromatic N) is 3. The number of guanidine groups is 1. The van der Waals surface area contributed by atoms with Crippen molar-refractivity contribution in [3.8, 4) is 0 Å². The number of aryl methyl sites for hydroxylation is 1. The summed E-state index contributed by atoms with van der Waals surface area (Å²) in [5, 5.41) is 3.04. The molecule has 5 nitrogen and oxygen atoms in total. The standard InChI is InChI=1S/C11H21N5/c1-5-6-13-11(12)15-10-9(8(2)3)16(4)7-14-10/h7-8H,5-6H2,1-4H3,(H3,12,13,15). The Balaban J connectivity index is 2.81. The molecule has 0 saturated heterocycles. The third-order valence-corrected chi connectivity index (χ3v) is 2.28. The molecule has 1 aromatic rings. The summed E-state index contributed by atoms with van der Waals surface area (Å²) in [6.07, 6.45) is 2.77. The van der Waals surface area contributed by atoms with Gasteiger partial charge in [0.05, 0.1) is 12.0 Å². The van der Waals surface area contributed by atoms with E-state index in [1.807, 2.05) is 11.6 Å². The molecule has 0 fully saturated rings. The van der Waals surface area contributed by atoms with Crippen LogP contribution in [-0.4, -0.2) is 22.1 Å². The topological polar surface area (TPSA) is 68.2 Å². The van der Waals surface area contributed by atoms with Crippen LogP contribution in [0, 0.1) is 0 Å². The van der Waals surface area contributed by atoms with Gasteiger partial charge in [0.2, 0.25) is 0 Å². The molecule has 0 aliphatic carbocycles. The maximum absolute atomic E-state index is 5.76. The van der Waals surface area contributed by atoms with Crippen molar-refractivity contribution in [2.45, 2.75) is 33.1 Å². The van der Waals surface area contributed by atoms with Gasteiger partial charge in [0, 0.05) is 13.6 Å². The first-order valence-corrected chi connectivity index (χ1v) is 5.64. The summed E-state index contributed by atoms with van der Waals surface area (Å²) >= 11 is 0. The fourth-order valence-corrected chi connectivity index (χ4v) is 1.61. The fraction of sp³-hybridized carbons (Fsp3) is 0.636. The van der Waals surface area contributed by atoms with Crippen molar-refractivity contribution in [1.29, 1.82) is 0 Å². The van der Waals surface area contributed by atoms with Gasteiger partial charge < -0.3 is 15.6 Å². The molecular formula is C11H21N5. The van der Waals surface area contributed by atoms with E-state index in [0.29, 0.717) is 11.9 Å². The summed E-state index contributed by atoms with van der Waals surface area (Å²) in [5.74, 6) is 1.63. The van der Waals surface area contributed by atoms with Gasteiger partial charge in [0.1, 0.15) is 0 Å². The summed E-state index contributed by atoms with van der Waals surface area (Å²) in [7, 11) is 1.98. The second kappa shape index (κ2) is 5.53. The Kier molecular flexibility index (Phi) is 4.34. The summed E-state index contributed by atoms with van der Waals surface area (Å²) in [4.78, 5) is 8.46. The summed E-state index contributed by atoms with van der Waals surface area (Å²) < 4.78 is 2.00. The molecule has 90 valence electrons. The van der Waals surface area contributed by atoms with E-state index in [1.54, 1.807) is 6.33 Å². The number of anilines is 1. The number of nitrogens with two attached hydrogens (primary N) is 1. The van der Waals surface area contributed by atoms with Gasteiger partial charge in [0.25, 0.3) is 0 Å². The van der Waals surface area contributed by atoms with Crippen LogP contribution >= 0.6 is 0 Å². The monoisotopic (exact) mass is 223 g/mol. The largest absolute Gasteiger partial charge is 0.370 e. The van der Waals surface area contributed by atoms with Crippen molar-refractivity contribution in [2.24, 2.45) is 17.8 Å². The molecule has 1 heterocycles. The van der Waals surface area contributed by atoms with Crippen molar-refractivity contribution in [3.63, 3.8) is 0 Å². The Labute approximate surface area is 96.8 Å². The maximum atomic E-state index is 5.76. The predicted molar refractivity (Wildman–Crippen MR) is 67.7 cm³/mol. The molecule has 0 atom stereocenters. The molecule has 0 aliphatic heterocycles. The zero-order chi connectivity index (χ0) is 12.1. The highest BCUT2D eigenvalue weighted by Gasteiger charge is 2.12. The van der Waals surface area contributed by atoms with E-state index in [9.17, 15) is 0 Å². The van der Waals surface area contributed by atoms with E-state index in [0.717, 1.165) is 24.5 Å². The van der Waals surface area contributed by atoms with Crippen LogP contribution in [0.25, 0.3) is 0 Å². The second-order valence-corrected chi connectivity index (χ2v) is 4.14. The van der Waals surface area contributed by atoms with Gasteiger partial charge in [-0.1, -0.05) is 20.8 Å². The Bertz CT molecular complexity index is 364. The lowest BCUT2D eigenvalue weighted by atomic mass is 10.1. The maximum Gasteiger partial charge on any atom is 0.194 e. The van der Waals surface area contributed by atoms with E-state index in [-0.39, 0.29) is 0 Å². The van der Waals surface area contributed by atoms with Crippen molar-refractivity contribution < 1.29 is 0 Å². The highest BCUT2D eigenvalue weighted by molar-refractivity contribution is 5.91. The molecule has 5 heteroatoms. The number of imidazole rings is 1. The molecule has 3 N–H and O–H groups in total. The Morgan fingerprint density at radius 3 is 2.88 bits per heavy atom. The molecular weight excluding hydrogens is 202 g/mol. The van der Waals surface area contributed by atoms with E-state index < -0.39 is 0 Å². The van der Waals surface area contributed by atoms with Gasteiger partial charge >= 0.3 is 0 Å². The van der Waals surface area contributed by atoms with Crippen LogP contribution in [0.4, 0.5) is 5.82 Å². The summed E-state index contributed by atoms with van der Waals surface area (Å²) in [5.41, 5.74) is 6.89. The van der Waals surface area contributed by atoms with Crippen molar-refractivity contribution in [2.75, 3.05) is 11.9 Å². The van der Waals surface area contributed by atoms with E-state index >= 15 is 0 Å². The van der Waals surface area contributed by atoms with Crippen molar-refractivity contribution >= 4 is 11.8 Å². The van der Waals surface area contributed by atoms with Crippen LogP contribution in [0.2, 0.25) is 0 Å². The molecule has 16 heavy (non-hydrogen) atoms. The van der Waals surface area contributed by atoms with Crippen LogP contribution < -0.4 is 11.1 Å². The van der Waals surface area contributed by atoms with Gasteiger partial charge in [-0.05, 0) is 12.3 Å². The van der Waals surface area contributed by atoms with Gasteiger partial charge in [-0.2, -0.15) is 0 Å². The van der Waals surface area contributed by atoms with Crippen LogP contribution in [0.5, 0.6) is 0 Å². The fourth-order valence-electron chi connectivity index (χ4n) is 1.61. The SMILES string of the molecule is CCCN=C(N)Nc1ncn(C)c1C(C)C. The molecule has 0 aromatic carbocycles. The van der Waals surface area contributed by atoms with E-state index in [1.165, 1.54) is 0 Å². The van der Waals surface area contributed by atoms with Crippen LogP contribution in [0.3, 0.4) is 0 Å². The number of nitrogens with one attached hydrogen (secondary N) is 1. The lowest BCUT2D eigenvalue weighted by molar-refractivity contribution is 0.742. The second-order valence-electron chi connectivity index (χ2n) is 4.14. The number of aliphatic imine (C=N–C) groups is 1.